The van der Waals surface area contributed by atoms with Crippen LogP contribution in [0.2, 0.25) is 5.02 Å². The topological polar surface area (TPSA) is 30.7 Å². The van der Waals surface area contributed by atoms with Crippen LogP contribution in [0.25, 0.3) is 4.85 Å². The first-order valence-electron chi connectivity index (χ1n) is 3.89. The monoisotopic (exact) mass is 209 g/mol. The third-order valence-corrected chi connectivity index (χ3v) is 2.01. The second kappa shape index (κ2) is 4.64. The van der Waals surface area contributed by atoms with Crippen molar-refractivity contribution in [3.8, 4) is 0 Å². The fourth-order valence-electron chi connectivity index (χ4n) is 1.02. The number of ether oxygens (including phenoxy) is 1. The molecule has 3 nitrogen and oxygen atoms in total. The first-order valence-corrected chi connectivity index (χ1v) is 4.26. The molecule has 0 aliphatic rings. The molecule has 0 heterocycles. The van der Waals surface area contributed by atoms with Crippen molar-refractivity contribution < 1.29 is 9.53 Å². The van der Waals surface area contributed by atoms with Gasteiger partial charge in [0.15, 0.2) is 0 Å². The predicted octanol–water partition coefficient (Wildman–Crippen LogP) is 2.55. The first kappa shape index (κ1) is 10.6. The summed E-state index contributed by atoms with van der Waals surface area (Å²) in [7, 11) is 1.30. The molecule has 0 fully saturated rings. The Kier molecular flexibility index (Phi) is 3.49. The summed E-state index contributed by atoms with van der Waals surface area (Å²) in [6.07, 6.45) is 0. The molecule has 0 bridgehead atoms. The number of esters is 1. The van der Waals surface area contributed by atoms with E-state index >= 15 is 0 Å². The Labute approximate surface area is 87.1 Å². The average Bonchev–Trinajstić information content (AvgIpc) is 2.17. The Morgan fingerprint density at radius 3 is 2.86 bits per heavy atom. The van der Waals surface area contributed by atoms with Gasteiger partial charge in [-0.1, -0.05) is 17.7 Å². The molecule has 0 amide bonds. The molecule has 0 spiro atoms. The molecular weight excluding hydrogens is 202 g/mol. The van der Waals surface area contributed by atoms with Gasteiger partial charge in [0.05, 0.1) is 17.7 Å². The van der Waals surface area contributed by atoms with Crippen LogP contribution in [0.3, 0.4) is 0 Å². The second-order valence-corrected chi connectivity index (χ2v) is 3.03. The molecule has 0 N–H and O–H groups in total. The van der Waals surface area contributed by atoms with Crippen molar-refractivity contribution in [2.75, 3.05) is 7.11 Å². The van der Waals surface area contributed by atoms with Gasteiger partial charge in [0.1, 0.15) is 0 Å². The molecule has 0 unspecified atom stereocenters. The maximum Gasteiger partial charge on any atom is 0.339 e. The maximum atomic E-state index is 11.1. The van der Waals surface area contributed by atoms with E-state index in [0.717, 1.165) is 5.56 Å². The summed E-state index contributed by atoms with van der Waals surface area (Å²) in [6.45, 7) is 6.94. The van der Waals surface area contributed by atoms with E-state index in [-0.39, 0.29) is 6.54 Å². The van der Waals surface area contributed by atoms with Crippen LogP contribution in [0, 0.1) is 6.57 Å². The van der Waals surface area contributed by atoms with Crippen LogP contribution in [0.5, 0.6) is 0 Å². The molecule has 1 rings (SSSR count). The van der Waals surface area contributed by atoms with Crippen LogP contribution in [0.4, 0.5) is 0 Å². The molecule has 0 saturated heterocycles. The molecule has 1 aromatic rings. The first-order chi connectivity index (χ1) is 6.69. The van der Waals surface area contributed by atoms with Crippen molar-refractivity contribution in [2.45, 2.75) is 6.54 Å². The Bertz CT molecular complexity index is 396. The van der Waals surface area contributed by atoms with Gasteiger partial charge < -0.3 is 9.58 Å². The number of hydrogen-bond donors (Lipinski definition) is 0. The van der Waals surface area contributed by atoms with Crippen LogP contribution < -0.4 is 0 Å². The molecule has 0 atom stereocenters. The molecule has 0 saturated carbocycles. The molecule has 14 heavy (non-hydrogen) atoms. The summed E-state index contributed by atoms with van der Waals surface area (Å²) in [6, 6.07) is 4.86. The molecule has 0 aliphatic carbocycles. The zero-order chi connectivity index (χ0) is 10.6. The summed E-state index contributed by atoms with van der Waals surface area (Å²) in [5.41, 5.74) is 1.11. The predicted molar refractivity (Wildman–Crippen MR) is 53.1 cm³/mol. The zero-order valence-corrected chi connectivity index (χ0v) is 8.34. The highest BCUT2D eigenvalue weighted by Gasteiger charge is 2.11. The highest BCUT2D eigenvalue weighted by Crippen LogP contribution is 2.19. The number of nitrogens with zero attached hydrogens (tertiary/aromatic N) is 1. The lowest BCUT2D eigenvalue weighted by atomic mass is 10.1. The van der Waals surface area contributed by atoms with Gasteiger partial charge in [-0.25, -0.2) is 11.4 Å². The van der Waals surface area contributed by atoms with Crippen molar-refractivity contribution in [3.63, 3.8) is 0 Å². The SMILES string of the molecule is [C-]#[N+]Cc1ccc(C(=O)OC)c(Cl)c1. The number of benzene rings is 1. The Morgan fingerprint density at radius 2 is 2.36 bits per heavy atom. The van der Waals surface area contributed by atoms with Gasteiger partial charge in [0.2, 0.25) is 6.54 Å². The normalized spacial score (nSPS) is 9.21. The van der Waals surface area contributed by atoms with Crippen LogP contribution in [-0.4, -0.2) is 13.1 Å². The van der Waals surface area contributed by atoms with E-state index < -0.39 is 5.97 Å². The number of rotatable bonds is 2. The van der Waals surface area contributed by atoms with Crippen molar-refractivity contribution in [2.24, 2.45) is 0 Å². The fourth-order valence-corrected chi connectivity index (χ4v) is 1.30. The van der Waals surface area contributed by atoms with Gasteiger partial charge in [0.25, 0.3) is 0 Å². The van der Waals surface area contributed by atoms with E-state index in [1.54, 1.807) is 18.2 Å². The Morgan fingerprint density at radius 1 is 1.64 bits per heavy atom. The lowest BCUT2D eigenvalue weighted by Crippen LogP contribution is -2.02. The lowest BCUT2D eigenvalue weighted by Gasteiger charge is -2.02. The number of halogens is 1. The van der Waals surface area contributed by atoms with Gasteiger partial charge in [0, 0.05) is 5.56 Å². The second-order valence-electron chi connectivity index (χ2n) is 2.62. The van der Waals surface area contributed by atoms with E-state index in [9.17, 15) is 4.79 Å². The fraction of sp³-hybridized carbons (Fsp3) is 0.200. The molecule has 1 aromatic carbocycles. The van der Waals surface area contributed by atoms with Crippen molar-refractivity contribution >= 4 is 17.6 Å². The van der Waals surface area contributed by atoms with E-state index in [0.29, 0.717) is 10.6 Å². The molecule has 0 aromatic heterocycles. The molecule has 0 aliphatic heterocycles. The minimum atomic E-state index is -0.468. The minimum Gasteiger partial charge on any atom is -0.465 e. The van der Waals surface area contributed by atoms with Gasteiger partial charge >= 0.3 is 5.97 Å². The van der Waals surface area contributed by atoms with Crippen LogP contribution in [-0.2, 0) is 11.3 Å². The van der Waals surface area contributed by atoms with E-state index in [1.807, 2.05) is 0 Å². The highest BCUT2D eigenvalue weighted by atomic mass is 35.5. The number of methoxy groups -OCH3 is 1. The summed E-state index contributed by atoms with van der Waals surface area (Å²) in [5, 5.41) is 0.318. The maximum absolute atomic E-state index is 11.1. The van der Waals surface area contributed by atoms with E-state index in [2.05, 4.69) is 9.58 Å². The van der Waals surface area contributed by atoms with Gasteiger partial charge in [-0.15, -0.1) is 0 Å². The van der Waals surface area contributed by atoms with Crippen molar-refractivity contribution in [1.29, 1.82) is 0 Å². The quantitative estimate of drug-likeness (QED) is 0.554. The molecule has 72 valence electrons. The molecule has 0 radical (unpaired) electrons. The number of carbonyl (C=O) groups excluding carboxylic acids is 1. The van der Waals surface area contributed by atoms with Crippen LogP contribution >= 0.6 is 11.6 Å². The lowest BCUT2D eigenvalue weighted by molar-refractivity contribution is 0.0601. The van der Waals surface area contributed by atoms with Gasteiger partial charge in [-0.3, -0.25) is 0 Å². The minimum absolute atomic E-state index is 0.265. The summed E-state index contributed by atoms with van der Waals surface area (Å²) in [4.78, 5) is 14.4. The van der Waals surface area contributed by atoms with E-state index in [1.165, 1.54) is 7.11 Å². The number of hydrogen-bond acceptors (Lipinski definition) is 2. The number of carbonyl (C=O) groups is 1. The summed E-state index contributed by atoms with van der Waals surface area (Å²) >= 11 is 5.84. The van der Waals surface area contributed by atoms with Gasteiger partial charge in [-0.05, 0) is 12.1 Å². The van der Waals surface area contributed by atoms with Gasteiger partial charge in [-0.2, -0.15) is 0 Å². The van der Waals surface area contributed by atoms with Crippen molar-refractivity contribution in [3.05, 3.63) is 45.8 Å². The Hall–Kier alpha value is -1.53. The average molecular weight is 210 g/mol. The summed E-state index contributed by atoms with van der Waals surface area (Å²) < 4.78 is 4.53. The smallest absolute Gasteiger partial charge is 0.339 e. The van der Waals surface area contributed by atoms with Crippen LogP contribution in [0.1, 0.15) is 15.9 Å². The third-order valence-electron chi connectivity index (χ3n) is 1.70. The largest absolute Gasteiger partial charge is 0.465 e. The third kappa shape index (κ3) is 2.24. The standard InChI is InChI=1S/C10H8ClNO2/c1-12-6-7-3-4-8(9(11)5-7)10(13)14-2/h3-5H,6H2,2H3. The van der Waals surface area contributed by atoms with E-state index in [4.69, 9.17) is 18.2 Å². The van der Waals surface area contributed by atoms with Crippen molar-refractivity contribution in [1.82, 2.24) is 0 Å². The van der Waals surface area contributed by atoms with Crippen LogP contribution in [0.15, 0.2) is 18.2 Å². The zero-order valence-electron chi connectivity index (χ0n) is 7.58. The Balaban J connectivity index is 3.02. The highest BCUT2D eigenvalue weighted by molar-refractivity contribution is 6.33. The molecular formula is C10H8ClNO2. The molecule has 4 heteroatoms. The summed E-state index contributed by atoms with van der Waals surface area (Å²) in [5.74, 6) is -0.468.